The predicted octanol–water partition coefficient (Wildman–Crippen LogP) is 3.07. The Labute approximate surface area is 131 Å². The van der Waals surface area contributed by atoms with Crippen LogP contribution >= 0.6 is 12.4 Å². The Morgan fingerprint density at radius 2 is 1.86 bits per heavy atom. The highest BCUT2D eigenvalue weighted by molar-refractivity contribution is 5.85. The zero-order valence-electron chi connectivity index (χ0n) is 12.1. The van der Waals surface area contributed by atoms with Crippen molar-refractivity contribution >= 4 is 12.4 Å². The maximum absolute atomic E-state index is 5.58. The molecule has 1 aromatic heterocycles. The van der Waals surface area contributed by atoms with Crippen LogP contribution in [0.5, 0.6) is 11.6 Å². The van der Waals surface area contributed by atoms with Crippen LogP contribution in [0, 0.1) is 0 Å². The highest BCUT2D eigenvalue weighted by atomic mass is 35.5. The van der Waals surface area contributed by atoms with Gasteiger partial charge in [0.1, 0.15) is 12.4 Å². The number of hydrogen-bond acceptors (Lipinski definition) is 4. The van der Waals surface area contributed by atoms with Crippen LogP contribution in [0.4, 0.5) is 0 Å². The van der Waals surface area contributed by atoms with Gasteiger partial charge in [-0.3, -0.25) is 0 Å². The lowest BCUT2D eigenvalue weighted by Gasteiger charge is -2.11. The van der Waals surface area contributed by atoms with Gasteiger partial charge < -0.3 is 14.8 Å². The Hall–Kier alpha value is -1.78. The molecule has 0 aliphatic rings. The van der Waals surface area contributed by atoms with E-state index in [2.05, 4.69) is 16.4 Å². The van der Waals surface area contributed by atoms with Gasteiger partial charge in [0.2, 0.25) is 5.88 Å². The molecule has 0 aliphatic carbocycles. The van der Waals surface area contributed by atoms with Gasteiger partial charge in [0.05, 0.1) is 6.61 Å². The summed E-state index contributed by atoms with van der Waals surface area (Å²) in [5, 5.41) is 3.34. The van der Waals surface area contributed by atoms with Crippen LogP contribution in [-0.2, 0) is 6.54 Å². The molecule has 2 rings (SSSR count). The van der Waals surface area contributed by atoms with Crippen molar-refractivity contribution in [3.63, 3.8) is 0 Å². The molecule has 114 valence electrons. The summed E-state index contributed by atoms with van der Waals surface area (Å²) in [7, 11) is 0. The molecule has 0 saturated heterocycles. The Kier molecular flexibility index (Phi) is 8.24. The number of pyridine rings is 1. The van der Waals surface area contributed by atoms with E-state index in [0.29, 0.717) is 19.1 Å². The summed E-state index contributed by atoms with van der Waals surface area (Å²) in [5.41, 5.74) is 1.16. The van der Waals surface area contributed by atoms with Gasteiger partial charge in [0.15, 0.2) is 0 Å². The Bertz CT molecular complexity index is 509. The molecule has 0 bridgehead atoms. The normalized spacial score (nSPS) is 9.76. The average Bonchev–Trinajstić information content (AvgIpc) is 2.50. The minimum Gasteiger partial charge on any atom is -0.494 e. The Morgan fingerprint density at radius 3 is 2.62 bits per heavy atom. The molecule has 1 heterocycles. The van der Waals surface area contributed by atoms with Crippen LogP contribution in [0.1, 0.15) is 12.5 Å². The van der Waals surface area contributed by atoms with Crippen molar-refractivity contribution in [3.05, 3.63) is 54.2 Å². The molecule has 0 aliphatic heterocycles. The second-order valence-electron chi connectivity index (χ2n) is 4.23. The molecular weight excluding hydrogens is 288 g/mol. The predicted molar refractivity (Wildman–Crippen MR) is 86.3 cm³/mol. The molecule has 0 unspecified atom stereocenters. The van der Waals surface area contributed by atoms with Crippen molar-refractivity contribution in [2.45, 2.75) is 13.5 Å². The first-order chi connectivity index (χ1) is 9.90. The molecule has 0 amide bonds. The molecular formula is C16H21ClN2O2. The lowest BCUT2D eigenvalue weighted by Crippen LogP contribution is -2.21. The van der Waals surface area contributed by atoms with E-state index in [1.54, 1.807) is 6.20 Å². The monoisotopic (exact) mass is 308 g/mol. The summed E-state index contributed by atoms with van der Waals surface area (Å²) in [6.45, 7) is 4.79. The van der Waals surface area contributed by atoms with Crippen LogP contribution in [0.15, 0.2) is 48.7 Å². The highest BCUT2D eigenvalue weighted by Gasteiger charge is 2.01. The summed E-state index contributed by atoms with van der Waals surface area (Å²) in [6, 6.07) is 13.7. The smallest absolute Gasteiger partial charge is 0.213 e. The van der Waals surface area contributed by atoms with Gasteiger partial charge in [0, 0.05) is 30.9 Å². The van der Waals surface area contributed by atoms with E-state index in [0.717, 1.165) is 24.4 Å². The molecule has 5 heteroatoms. The number of hydrogen-bond donors (Lipinski definition) is 1. The number of aromatic nitrogens is 1. The second-order valence-corrected chi connectivity index (χ2v) is 4.23. The summed E-state index contributed by atoms with van der Waals surface area (Å²) in [6.07, 6.45) is 1.72. The lowest BCUT2D eigenvalue weighted by molar-refractivity contribution is 0.300. The molecule has 1 N–H and O–H groups in total. The van der Waals surface area contributed by atoms with Crippen molar-refractivity contribution in [2.24, 2.45) is 0 Å². The van der Waals surface area contributed by atoms with E-state index in [1.165, 1.54) is 0 Å². The van der Waals surface area contributed by atoms with Crippen LogP contribution in [-0.4, -0.2) is 24.7 Å². The van der Waals surface area contributed by atoms with Crippen LogP contribution in [0.2, 0.25) is 0 Å². The summed E-state index contributed by atoms with van der Waals surface area (Å²) in [4.78, 5) is 4.10. The number of benzene rings is 1. The van der Waals surface area contributed by atoms with Crippen molar-refractivity contribution in [1.29, 1.82) is 0 Å². The van der Waals surface area contributed by atoms with Gasteiger partial charge in [-0.05, 0) is 19.1 Å². The molecule has 1 aromatic carbocycles. The van der Waals surface area contributed by atoms with Crippen LogP contribution in [0.3, 0.4) is 0 Å². The van der Waals surface area contributed by atoms with Gasteiger partial charge in [-0.25, -0.2) is 4.98 Å². The van der Waals surface area contributed by atoms with Gasteiger partial charge in [0.25, 0.3) is 0 Å². The van der Waals surface area contributed by atoms with E-state index in [9.17, 15) is 0 Å². The van der Waals surface area contributed by atoms with Crippen molar-refractivity contribution in [1.82, 2.24) is 10.3 Å². The molecule has 4 nitrogen and oxygen atoms in total. The van der Waals surface area contributed by atoms with Crippen molar-refractivity contribution in [3.8, 4) is 11.6 Å². The Morgan fingerprint density at radius 1 is 1.05 bits per heavy atom. The number of nitrogens with one attached hydrogen (secondary N) is 1. The van der Waals surface area contributed by atoms with Gasteiger partial charge in [-0.1, -0.05) is 24.3 Å². The third-order valence-corrected chi connectivity index (χ3v) is 2.75. The first kappa shape index (κ1) is 17.3. The third kappa shape index (κ3) is 6.02. The molecule has 0 spiro atoms. The topological polar surface area (TPSA) is 43.4 Å². The fourth-order valence-corrected chi connectivity index (χ4v) is 1.83. The quantitative estimate of drug-likeness (QED) is 0.761. The fraction of sp³-hybridized carbons (Fsp3) is 0.312. The van der Waals surface area contributed by atoms with Gasteiger partial charge in [-0.15, -0.1) is 12.4 Å². The Balaban J connectivity index is 0.00000220. The fourth-order valence-electron chi connectivity index (χ4n) is 1.83. The zero-order valence-corrected chi connectivity index (χ0v) is 12.9. The second kappa shape index (κ2) is 10.0. The maximum Gasteiger partial charge on any atom is 0.213 e. The molecule has 21 heavy (non-hydrogen) atoms. The van der Waals surface area contributed by atoms with Gasteiger partial charge >= 0.3 is 0 Å². The van der Waals surface area contributed by atoms with Gasteiger partial charge in [-0.2, -0.15) is 0 Å². The summed E-state index contributed by atoms with van der Waals surface area (Å²) in [5.74, 6) is 1.59. The highest BCUT2D eigenvalue weighted by Crippen LogP contribution is 2.17. The summed E-state index contributed by atoms with van der Waals surface area (Å²) < 4.78 is 11.1. The molecule has 0 atom stereocenters. The van der Waals surface area contributed by atoms with Crippen LogP contribution < -0.4 is 14.8 Å². The minimum atomic E-state index is 0. The first-order valence-corrected chi connectivity index (χ1v) is 6.85. The largest absolute Gasteiger partial charge is 0.494 e. The van der Waals surface area contributed by atoms with E-state index in [1.807, 2.05) is 43.3 Å². The number of rotatable bonds is 8. The average molecular weight is 309 g/mol. The number of halogens is 1. The van der Waals surface area contributed by atoms with Crippen LogP contribution in [0.25, 0.3) is 0 Å². The van der Waals surface area contributed by atoms with E-state index >= 15 is 0 Å². The molecule has 2 aromatic rings. The van der Waals surface area contributed by atoms with E-state index in [4.69, 9.17) is 9.47 Å². The molecule has 0 saturated carbocycles. The number of ether oxygens (including phenoxy) is 2. The molecule has 0 radical (unpaired) electrons. The summed E-state index contributed by atoms with van der Waals surface area (Å²) >= 11 is 0. The minimum absolute atomic E-state index is 0. The zero-order chi connectivity index (χ0) is 14.0. The number of nitrogens with zero attached hydrogens (tertiary/aromatic N) is 1. The lowest BCUT2D eigenvalue weighted by atomic mass is 10.2. The van der Waals surface area contributed by atoms with Crippen molar-refractivity contribution < 1.29 is 9.47 Å². The van der Waals surface area contributed by atoms with E-state index in [-0.39, 0.29) is 12.4 Å². The number of para-hydroxylation sites is 1. The standard InChI is InChI=1S/C16H20N2O2.ClH/c1-2-19-15-8-4-3-7-14(15)13-17-11-12-20-16-9-5-6-10-18-16;/h3-10,17H,2,11-13H2,1H3;1H. The van der Waals surface area contributed by atoms with E-state index < -0.39 is 0 Å². The third-order valence-electron chi connectivity index (χ3n) is 2.75. The first-order valence-electron chi connectivity index (χ1n) is 6.85. The SMILES string of the molecule is CCOc1ccccc1CNCCOc1ccccn1.Cl. The maximum atomic E-state index is 5.58. The molecule has 0 fully saturated rings. The van der Waals surface area contributed by atoms with Crippen molar-refractivity contribution in [2.75, 3.05) is 19.8 Å².